The van der Waals surface area contributed by atoms with Crippen molar-refractivity contribution < 1.29 is 9.90 Å². The van der Waals surface area contributed by atoms with Gasteiger partial charge in [0.1, 0.15) is 5.69 Å². The molecule has 0 radical (unpaired) electrons. The Balaban J connectivity index is 2.21. The molecule has 122 valence electrons. The van der Waals surface area contributed by atoms with Crippen LogP contribution in [-0.4, -0.2) is 32.9 Å². The van der Waals surface area contributed by atoms with E-state index in [2.05, 4.69) is 10.4 Å². The molecule has 23 heavy (non-hydrogen) atoms. The van der Waals surface area contributed by atoms with Crippen molar-refractivity contribution in [1.82, 2.24) is 15.1 Å². The molecule has 2 aromatic rings. The quantitative estimate of drug-likeness (QED) is 0.846. The van der Waals surface area contributed by atoms with E-state index in [1.807, 2.05) is 19.9 Å². The lowest BCUT2D eigenvalue weighted by molar-refractivity contribution is 0.0313. The van der Waals surface area contributed by atoms with Crippen LogP contribution in [0.1, 0.15) is 37.2 Å². The number of hydrogen-bond acceptors (Lipinski definition) is 4. The van der Waals surface area contributed by atoms with Crippen LogP contribution < -0.4 is 10.9 Å². The van der Waals surface area contributed by atoms with Crippen LogP contribution in [0.3, 0.4) is 0 Å². The van der Waals surface area contributed by atoms with Gasteiger partial charge in [-0.1, -0.05) is 32.0 Å². The van der Waals surface area contributed by atoms with E-state index in [4.69, 9.17) is 0 Å². The number of hydrogen-bond donors (Lipinski definition) is 2. The molecule has 0 spiro atoms. The van der Waals surface area contributed by atoms with Crippen LogP contribution in [0, 0.1) is 0 Å². The molecular weight excluding hydrogens is 294 g/mol. The Labute approximate surface area is 134 Å². The second-order valence-electron chi connectivity index (χ2n) is 5.42. The zero-order valence-electron chi connectivity index (χ0n) is 13.3. The second-order valence-corrected chi connectivity index (χ2v) is 5.42. The highest BCUT2D eigenvalue weighted by Gasteiger charge is 2.23. The van der Waals surface area contributed by atoms with E-state index in [1.54, 1.807) is 24.3 Å². The summed E-state index contributed by atoms with van der Waals surface area (Å²) in [4.78, 5) is 24.2. The predicted octanol–water partition coefficient (Wildman–Crippen LogP) is 1.51. The minimum atomic E-state index is -0.927. The highest BCUT2D eigenvalue weighted by molar-refractivity contribution is 5.92. The summed E-state index contributed by atoms with van der Waals surface area (Å²) < 4.78 is 1.18. The average molecular weight is 315 g/mol. The van der Waals surface area contributed by atoms with Crippen molar-refractivity contribution in [2.45, 2.75) is 32.3 Å². The van der Waals surface area contributed by atoms with Crippen molar-refractivity contribution in [1.29, 1.82) is 0 Å². The molecule has 0 saturated heterocycles. The molecule has 1 aromatic carbocycles. The van der Waals surface area contributed by atoms with Gasteiger partial charge in [0.25, 0.3) is 11.5 Å². The molecule has 2 rings (SSSR count). The van der Waals surface area contributed by atoms with Gasteiger partial charge >= 0.3 is 0 Å². The molecule has 0 bridgehead atoms. The fourth-order valence-corrected chi connectivity index (χ4v) is 2.12. The van der Waals surface area contributed by atoms with E-state index in [1.165, 1.54) is 16.8 Å². The fourth-order valence-electron chi connectivity index (χ4n) is 2.12. The average Bonchev–Trinajstić information content (AvgIpc) is 2.60. The fraction of sp³-hybridized carbons (Fsp3) is 0.353. The highest BCUT2D eigenvalue weighted by Crippen LogP contribution is 2.13. The first-order chi connectivity index (χ1) is 11.0. The van der Waals surface area contributed by atoms with Crippen LogP contribution >= 0.6 is 0 Å². The maximum atomic E-state index is 12.2. The first kappa shape index (κ1) is 16.9. The van der Waals surface area contributed by atoms with Crippen molar-refractivity contribution in [3.8, 4) is 5.69 Å². The van der Waals surface area contributed by atoms with Crippen molar-refractivity contribution in [3.63, 3.8) is 0 Å². The van der Waals surface area contributed by atoms with E-state index in [9.17, 15) is 14.7 Å². The van der Waals surface area contributed by atoms with E-state index in [0.717, 1.165) is 0 Å². The molecule has 1 heterocycles. The molecule has 6 heteroatoms. The van der Waals surface area contributed by atoms with Crippen LogP contribution in [0.15, 0.2) is 47.3 Å². The van der Waals surface area contributed by atoms with Gasteiger partial charge in [0, 0.05) is 12.6 Å². The third kappa shape index (κ3) is 4.04. The topological polar surface area (TPSA) is 84.2 Å². The van der Waals surface area contributed by atoms with Crippen molar-refractivity contribution in [2.24, 2.45) is 0 Å². The molecule has 2 N–H and O–H groups in total. The largest absolute Gasteiger partial charge is 0.388 e. The molecule has 0 aliphatic rings. The van der Waals surface area contributed by atoms with Crippen molar-refractivity contribution in [3.05, 3.63) is 58.5 Å². The standard InChI is InChI=1S/C17H21N3O3/c1-3-17(23,4-2)12-18-16(22)14-10-11-15(21)20(19-14)13-8-6-5-7-9-13/h5-11,23H,3-4,12H2,1-2H3,(H,18,22). The molecular formula is C17H21N3O3. The predicted molar refractivity (Wildman–Crippen MR) is 87.7 cm³/mol. The van der Waals surface area contributed by atoms with Gasteiger partial charge in [0.15, 0.2) is 0 Å². The Morgan fingerprint density at radius 1 is 1.17 bits per heavy atom. The molecule has 1 amide bonds. The van der Waals surface area contributed by atoms with E-state index in [0.29, 0.717) is 18.5 Å². The smallest absolute Gasteiger partial charge is 0.271 e. The first-order valence-corrected chi connectivity index (χ1v) is 7.65. The number of benzene rings is 1. The van der Waals surface area contributed by atoms with Gasteiger partial charge in [-0.3, -0.25) is 9.59 Å². The lowest BCUT2D eigenvalue weighted by Crippen LogP contribution is -2.42. The Morgan fingerprint density at radius 2 is 1.83 bits per heavy atom. The molecule has 0 unspecified atom stereocenters. The van der Waals surface area contributed by atoms with Crippen LogP contribution in [0.2, 0.25) is 0 Å². The Bertz CT molecular complexity index is 721. The third-order valence-electron chi connectivity index (χ3n) is 3.93. The summed E-state index contributed by atoms with van der Waals surface area (Å²) in [7, 11) is 0. The van der Waals surface area contributed by atoms with Gasteiger partial charge in [-0.15, -0.1) is 0 Å². The third-order valence-corrected chi connectivity index (χ3v) is 3.93. The second kappa shape index (κ2) is 7.19. The molecule has 0 aliphatic carbocycles. The SMILES string of the molecule is CCC(O)(CC)CNC(=O)c1ccc(=O)n(-c2ccccc2)n1. The minimum absolute atomic E-state index is 0.128. The summed E-state index contributed by atoms with van der Waals surface area (Å²) in [6.45, 7) is 3.87. The number of para-hydroxylation sites is 1. The number of carbonyl (C=O) groups is 1. The molecule has 0 saturated carbocycles. The lowest BCUT2D eigenvalue weighted by Gasteiger charge is -2.25. The van der Waals surface area contributed by atoms with Gasteiger partial charge in [-0.05, 0) is 31.0 Å². The maximum absolute atomic E-state index is 12.2. The zero-order valence-corrected chi connectivity index (χ0v) is 13.3. The molecule has 1 aromatic heterocycles. The summed E-state index contributed by atoms with van der Waals surface area (Å²) in [6, 6.07) is 11.6. The van der Waals surface area contributed by atoms with Crippen molar-refractivity contribution >= 4 is 5.91 Å². The van der Waals surface area contributed by atoms with Gasteiger partial charge in [-0.2, -0.15) is 9.78 Å². The number of rotatable bonds is 6. The maximum Gasteiger partial charge on any atom is 0.271 e. The highest BCUT2D eigenvalue weighted by atomic mass is 16.3. The number of amides is 1. The van der Waals surface area contributed by atoms with E-state index < -0.39 is 11.5 Å². The summed E-state index contributed by atoms with van der Waals surface area (Å²) in [5.41, 5.74) is -0.524. The molecule has 0 atom stereocenters. The van der Waals surface area contributed by atoms with Crippen LogP contribution in [0.4, 0.5) is 0 Å². The minimum Gasteiger partial charge on any atom is -0.388 e. The Morgan fingerprint density at radius 3 is 2.43 bits per heavy atom. The summed E-state index contributed by atoms with van der Waals surface area (Å²) in [5.74, 6) is -0.421. The van der Waals surface area contributed by atoms with E-state index >= 15 is 0 Å². The van der Waals surface area contributed by atoms with Gasteiger partial charge in [-0.25, -0.2) is 0 Å². The zero-order chi connectivity index (χ0) is 16.9. The summed E-state index contributed by atoms with van der Waals surface area (Å²) in [5, 5.41) is 17.0. The molecule has 0 aliphatic heterocycles. The number of aliphatic hydroxyl groups is 1. The normalized spacial score (nSPS) is 11.3. The first-order valence-electron chi connectivity index (χ1n) is 7.65. The molecule has 0 fully saturated rings. The summed E-state index contributed by atoms with van der Waals surface area (Å²) >= 11 is 0. The van der Waals surface area contributed by atoms with Crippen LogP contribution in [0.5, 0.6) is 0 Å². The van der Waals surface area contributed by atoms with Crippen LogP contribution in [-0.2, 0) is 0 Å². The van der Waals surface area contributed by atoms with Crippen molar-refractivity contribution in [2.75, 3.05) is 6.54 Å². The van der Waals surface area contributed by atoms with E-state index in [-0.39, 0.29) is 17.8 Å². The van der Waals surface area contributed by atoms with Crippen LogP contribution in [0.25, 0.3) is 5.69 Å². The lowest BCUT2D eigenvalue weighted by atomic mass is 9.97. The Hall–Kier alpha value is -2.47. The van der Waals surface area contributed by atoms with Gasteiger partial charge in [0.2, 0.25) is 0 Å². The number of carbonyl (C=O) groups excluding carboxylic acids is 1. The summed E-state index contributed by atoms with van der Waals surface area (Å²) in [6.07, 6.45) is 1.08. The molecule has 6 nitrogen and oxygen atoms in total. The number of nitrogens with one attached hydrogen (secondary N) is 1. The Kier molecular flexibility index (Phi) is 5.28. The monoisotopic (exact) mass is 315 g/mol. The van der Waals surface area contributed by atoms with Gasteiger partial charge in [0.05, 0.1) is 11.3 Å². The number of aromatic nitrogens is 2. The van der Waals surface area contributed by atoms with Gasteiger partial charge < -0.3 is 10.4 Å². The number of nitrogens with zero attached hydrogens (tertiary/aromatic N) is 2.